The van der Waals surface area contributed by atoms with Gasteiger partial charge in [-0.15, -0.1) is 11.6 Å². The number of benzene rings is 1. The molecule has 1 aromatic carbocycles. The van der Waals surface area contributed by atoms with Gasteiger partial charge in [0, 0.05) is 18.2 Å². The zero-order valence-electron chi connectivity index (χ0n) is 11.2. The minimum atomic E-state index is -0.0731. The van der Waals surface area contributed by atoms with Crippen LogP contribution >= 0.6 is 11.6 Å². The first-order valence-corrected chi connectivity index (χ1v) is 6.51. The summed E-state index contributed by atoms with van der Waals surface area (Å²) in [6.07, 6.45) is 0. The Hall–Kier alpha value is -1.74. The van der Waals surface area contributed by atoms with Crippen LogP contribution in [0.15, 0.2) is 35.1 Å². The molecule has 0 aliphatic rings. The Labute approximate surface area is 117 Å². The van der Waals surface area contributed by atoms with E-state index in [4.69, 9.17) is 16.3 Å². The van der Waals surface area contributed by atoms with Crippen LogP contribution in [-0.4, -0.2) is 11.7 Å². The van der Waals surface area contributed by atoms with E-state index in [0.717, 1.165) is 22.6 Å². The van der Waals surface area contributed by atoms with E-state index in [-0.39, 0.29) is 11.4 Å². The molecule has 0 aliphatic carbocycles. The molecule has 0 fully saturated rings. The lowest BCUT2D eigenvalue weighted by molar-refractivity contribution is 0.416. The van der Waals surface area contributed by atoms with E-state index in [2.05, 4.69) is 0 Å². The summed E-state index contributed by atoms with van der Waals surface area (Å²) >= 11 is 5.75. The van der Waals surface area contributed by atoms with Gasteiger partial charge < -0.3 is 9.30 Å². The molecular formula is C15H16ClNO2. The van der Waals surface area contributed by atoms with Crippen LogP contribution in [0, 0.1) is 6.92 Å². The molecule has 0 atom stereocenters. The Balaban J connectivity index is 2.69. The van der Waals surface area contributed by atoms with Crippen molar-refractivity contribution in [1.29, 1.82) is 0 Å². The minimum Gasteiger partial charge on any atom is -0.496 e. The number of hydrogen-bond acceptors (Lipinski definition) is 2. The number of pyridine rings is 1. The molecule has 0 aliphatic heterocycles. The van der Waals surface area contributed by atoms with Gasteiger partial charge in [0.25, 0.3) is 5.56 Å². The van der Waals surface area contributed by atoms with Crippen molar-refractivity contribution < 1.29 is 4.74 Å². The summed E-state index contributed by atoms with van der Waals surface area (Å²) in [7, 11) is 3.37. The molecule has 0 saturated carbocycles. The normalized spacial score (nSPS) is 10.5. The first-order chi connectivity index (χ1) is 9.08. The van der Waals surface area contributed by atoms with Crippen molar-refractivity contribution in [2.45, 2.75) is 12.8 Å². The third-order valence-corrected chi connectivity index (χ3v) is 3.45. The fraction of sp³-hybridized carbons (Fsp3) is 0.267. The van der Waals surface area contributed by atoms with Gasteiger partial charge >= 0.3 is 0 Å². The van der Waals surface area contributed by atoms with Crippen molar-refractivity contribution in [3.8, 4) is 17.0 Å². The van der Waals surface area contributed by atoms with Crippen LogP contribution in [-0.2, 0) is 12.9 Å². The number of rotatable bonds is 3. The van der Waals surface area contributed by atoms with Gasteiger partial charge in [0.15, 0.2) is 0 Å². The van der Waals surface area contributed by atoms with Gasteiger partial charge in [-0.25, -0.2) is 0 Å². The summed E-state index contributed by atoms with van der Waals surface area (Å²) in [6, 6.07) is 9.56. The van der Waals surface area contributed by atoms with E-state index in [0.29, 0.717) is 5.56 Å². The van der Waals surface area contributed by atoms with Crippen LogP contribution < -0.4 is 10.3 Å². The van der Waals surface area contributed by atoms with Gasteiger partial charge in [-0.1, -0.05) is 17.7 Å². The minimum absolute atomic E-state index is 0.0731. The molecule has 19 heavy (non-hydrogen) atoms. The number of halogens is 1. The lowest BCUT2D eigenvalue weighted by Gasteiger charge is -2.13. The maximum absolute atomic E-state index is 12.1. The predicted octanol–water partition coefficient (Wildman–Crippen LogP) is 3.11. The fourth-order valence-electron chi connectivity index (χ4n) is 2.08. The monoisotopic (exact) mass is 277 g/mol. The van der Waals surface area contributed by atoms with Gasteiger partial charge in [0.1, 0.15) is 5.75 Å². The van der Waals surface area contributed by atoms with Crippen molar-refractivity contribution in [1.82, 2.24) is 4.57 Å². The Bertz CT molecular complexity index is 662. The summed E-state index contributed by atoms with van der Waals surface area (Å²) in [6.45, 7) is 2.01. The molecule has 100 valence electrons. The van der Waals surface area contributed by atoms with E-state index in [1.165, 1.54) is 0 Å². The van der Waals surface area contributed by atoms with E-state index < -0.39 is 0 Å². The summed E-state index contributed by atoms with van der Waals surface area (Å²) in [4.78, 5) is 12.1. The SMILES string of the molecule is COc1ccc(C)cc1-c1ccc(CCl)c(=O)n1C. The Morgan fingerprint density at radius 3 is 2.63 bits per heavy atom. The van der Waals surface area contributed by atoms with Crippen LogP contribution in [0.25, 0.3) is 11.3 Å². The van der Waals surface area contributed by atoms with E-state index in [1.54, 1.807) is 24.8 Å². The van der Waals surface area contributed by atoms with Crippen molar-refractivity contribution in [2.75, 3.05) is 7.11 Å². The molecule has 2 rings (SSSR count). The van der Waals surface area contributed by atoms with Crippen LogP contribution in [0.2, 0.25) is 0 Å². The quantitative estimate of drug-likeness (QED) is 0.807. The summed E-state index contributed by atoms with van der Waals surface area (Å²) in [5, 5.41) is 0. The van der Waals surface area contributed by atoms with Gasteiger partial charge in [0.2, 0.25) is 0 Å². The second-order valence-electron chi connectivity index (χ2n) is 4.45. The molecular weight excluding hydrogens is 262 g/mol. The number of aromatic nitrogens is 1. The molecule has 1 heterocycles. The summed E-state index contributed by atoms with van der Waals surface area (Å²) in [5.74, 6) is 0.969. The van der Waals surface area contributed by atoms with Crippen LogP contribution in [0.1, 0.15) is 11.1 Å². The molecule has 0 spiro atoms. The molecule has 1 aromatic heterocycles. The molecule has 0 amide bonds. The van der Waals surface area contributed by atoms with E-state index in [1.807, 2.05) is 31.2 Å². The van der Waals surface area contributed by atoms with Crippen molar-refractivity contribution in [3.05, 3.63) is 51.8 Å². The average Bonchev–Trinajstić information content (AvgIpc) is 2.42. The van der Waals surface area contributed by atoms with Crippen molar-refractivity contribution in [2.24, 2.45) is 7.05 Å². The Morgan fingerprint density at radius 2 is 2.00 bits per heavy atom. The molecule has 4 heteroatoms. The smallest absolute Gasteiger partial charge is 0.255 e. The van der Waals surface area contributed by atoms with Crippen LogP contribution in [0.4, 0.5) is 0 Å². The highest BCUT2D eigenvalue weighted by atomic mass is 35.5. The zero-order chi connectivity index (χ0) is 14.0. The highest BCUT2D eigenvalue weighted by molar-refractivity contribution is 6.17. The van der Waals surface area contributed by atoms with Gasteiger partial charge in [-0.05, 0) is 25.1 Å². The number of methoxy groups -OCH3 is 1. The first-order valence-electron chi connectivity index (χ1n) is 5.98. The maximum atomic E-state index is 12.1. The van der Waals surface area contributed by atoms with Crippen molar-refractivity contribution in [3.63, 3.8) is 0 Å². The number of alkyl halides is 1. The number of nitrogens with zero attached hydrogens (tertiary/aromatic N) is 1. The van der Waals surface area contributed by atoms with Gasteiger partial charge in [-0.2, -0.15) is 0 Å². The van der Waals surface area contributed by atoms with E-state index >= 15 is 0 Å². The third-order valence-electron chi connectivity index (χ3n) is 3.16. The second kappa shape index (κ2) is 5.49. The fourth-order valence-corrected chi connectivity index (χ4v) is 2.28. The highest BCUT2D eigenvalue weighted by Gasteiger charge is 2.11. The zero-order valence-corrected chi connectivity index (χ0v) is 12.0. The Morgan fingerprint density at radius 1 is 1.26 bits per heavy atom. The van der Waals surface area contributed by atoms with Crippen LogP contribution in [0.5, 0.6) is 5.75 Å². The molecule has 0 saturated heterocycles. The first kappa shape index (κ1) is 13.7. The van der Waals surface area contributed by atoms with Gasteiger partial charge in [0.05, 0.1) is 18.7 Å². The summed E-state index contributed by atoms with van der Waals surface area (Å²) in [5.41, 5.74) is 3.36. The Kier molecular flexibility index (Phi) is 3.96. The number of aryl methyl sites for hydroxylation is 1. The molecule has 0 bridgehead atoms. The molecule has 0 unspecified atom stereocenters. The molecule has 2 aromatic rings. The van der Waals surface area contributed by atoms with Crippen molar-refractivity contribution >= 4 is 11.6 Å². The lowest BCUT2D eigenvalue weighted by atomic mass is 10.1. The largest absolute Gasteiger partial charge is 0.496 e. The van der Waals surface area contributed by atoms with Gasteiger partial charge in [-0.3, -0.25) is 4.79 Å². The average molecular weight is 278 g/mol. The molecule has 0 N–H and O–H groups in total. The maximum Gasteiger partial charge on any atom is 0.255 e. The molecule has 0 radical (unpaired) electrons. The lowest BCUT2D eigenvalue weighted by Crippen LogP contribution is -2.21. The van der Waals surface area contributed by atoms with Crippen LogP contribution in [0.3, 0.4) is 0 Å². The number of hydrogen-bond donors (Lipinski definition) is 0. The molecule has 3 nitrogen and oxygen atoms in total. The standard InChI is InChI=1S/C15H16ClNO2/c1-10-4-7-14(19-3)12(8-10)13-6-5-11(9-16)15(18)17(13)2/h4-8H,9H2,1-3H3. The topological polar surface area (TPSA) is 31.2 Å². The summed E-state index contributed by atoms with van der Waals surface area (Å²) < 4.78 is 6.97. The van der Waals surface area contributed by atoms with E-state index in [9.17, 15) is 4.79 Å². The third kappa shape index (κ3) is 2.51. The predicted molar refractivity (Wildman–Crippen MR) is 78.0 cm³/mol. The number of ether oxygens (including phenoxy) is 1. The second-order valence-corrected chi connectivity index (χ2v) is 4.71. The highest BCUT2D eigenvalue weighted by Crippen LogP contribution is 2.29.